The number of imidazole rings is 1. The molecule has 0 unspecified atom stereocenters. The van der Waals surface area contributed by atoms with Gasteiger partial charge >= 0.3 is 6.03 Å². The van der Waals surface area contributed by atoms with Gasteiger partial charge in [-0.1, -0.05) is 6.07 Å². The summed E-state index contributed by atoms with van der Waals surface area (Å²) in [5, 5.41) is 13.9. The van der Waals surface area contributed by atoms with Crippen molar-refractivity contribution in [2.24, 2.45) is 0 Å². The highest BCUT2D eigenvalue weighted by molar-refractivity contribution is 5.99. The maximum absolute atomic E-state index is 12.2. The molecular formula is C23H22N6O2. The molecule has 0 saturated heterocycles. The van der Waals surface area contributed by atoms with E-state index in [4.69, 9.17) is 4.74 Å². The summed E-state index contributed by atoms with van der Waals surface area (Å²) < 4.78 is 7.57. The lowest BCUT2D eigenvalue weighted by molar-refractivity contribution is 0.262. The topological polar surface area (TPSA) is 94.0 Å². The maximum atomic E-state index is 12.2. The van der Waals surface area contributed by atoms with Gasteiger partial charge in [-0.2, -0.15) is 0 Å². The lowest BCUT2D eigenvalue weighted by Crippen LogP contribution is -2.19. The van der Waals surface area contributed by atoms with Crippen molar-refractivity contribution in [3.05, 3.63) is 83.9 Å². The molecule has 2 aromatic heterocycles. The van der Waals surface area contributed by atoms with Gasteiger partial charge in [0.15, 0.2) is 5.82 Å². The van der Waals surface area contributed by atoms with Crippen molar-refractivity contribution >= 4 is 17.4 Å². The largest absolute Gasteiger partial charge is 0.438 e. The highest BCUT2D eigenvalue weighted by atomic mass is 16.5. The fraction of sp³-hybridized carbons (Fsp3) is 0.130. The Morgan fingerprint density at radius 1 is 0.871 bits per heavy atom. The Morgan fingerprint density at radius 2 is 1.61 bits per heavy atom. The van der Waals surface area contributed by atoms with Crippen molar-refractivity contribution in [3.63, 3.8) is 0 Å². The zero-order valence-corrected chi connectivity index (χ0v) is 17.5. The average molecular weight is 414 g/mol. The summed E-state index contributed by atoms with van der Waals surface area (Å²) in [6.45, 7) is 5.93. The van der Waals surface area contributed by atoms with E-state index in [1.807, 2.05) is 55.8 Å². The average Bonchev–Trinajstić information content (AvgIpc) is 3.18. The molecule has 0 atom stereocenters. The second-order valence-electron chi connectivity index (χ2n) is 7.08. The summed E-state index contributed by atoms with van der Waals surface area (Å²) in [6, 6.07) is 16.0. The minimum absolute atomic E-state index is 0.312. The molecule has 2 aromatic carbocycles. The summed E-state index contributed by atoms with van der Waals surface area (Å²) in [5.41, 5.74) is 3.69. The van der Waals surface area contributed by atoms with E-state index in [0.717, 1.165) is 17.1 Å². The number of ether oxygens (including phenoxy) is 1. The minimum Gasteiger partial charge on any atom is -0.438 e. The van der Waals surface area contributed by atoms with Crippen LogP contribution in [-0.2, 0) is 0 Å². The molecule has 2 heterocycles. The molecule has 8 heteroatoms. The van der Waals surface area contributed by atoms with Gasteiger partial charge in [0.2, 0.25) is 5.88 Å². The van der Waals surface area contributed by atoms with Crippen molar-refractivity contribution < 1.29 is 9.53 Å². The molecule has 0 aliphatic carbocycles. The lowest BCUT2D eigenvalue weighted by Gasteiger charge is -2.10. The van der Waals surface area contributed by atoms with E-state index >= 15 is 0 Å². The number of aryl methyl sites for hydroxylation is 3. The normalized spacial score (nSPS) is 10.5. The van der Waals surface area contributed by atoms with Crippen molar-refractivity contribution in [3.8, 4) is 17.4 Å². The monoisotopic (exact) mass is 414 g/mol. The number of nitrogens with one attached hydrogen (secondary N) is 2. The van der Waals surface area contributed by atoms with Crippen LogP contribution in [0.4, 0.5) is 16.2 Å². The molecule has 156 valence electrons. The number of anilines is 2. The van der Waals surface area contributed by atoms with Crippen molar-refractivity contribution in [1.29, 1.82) is 0 Å². The first-order valence-electron chi connectivity index (χ1n) is 9.75. The maximum Gasteiger partial charge on any atom is 0.323 e. The van der Waals surface area contributed by atoms with Crippen LogP contribution in [0.1, 0.15) is 17.0 Å². The Kier molecular flexibility index (Phi) is 5.61. The highest BCUT2D eigenvalue weighted by Crippen LogP contribution is 2.22. The van der Waals surface area contributed by atoms with Gasteiger partial charge in [0, 0.05) is 29.8 Å². The number of rotatable bonds is 5. The third-order valence-electron chi connectivity index (χ3n) is 4.80. The van der Waals surface area contributed by atoms with Gasteiger partial charge < -0.3 is 15.4 Å². The fourth-order valence-corrected chi connectivity index (χ4v) is 2.96. The molecule has 0 spiro atoms. The molecule has 31 heavy (non-hydrogen) atoms. The van der Waals surface area contributed by atoms with Crippen LogP contribution in [0.25, 0.3) is 5.82 Å². The SMILES string of the molecule is Cc1ccc(NC(=O)Nc2ccc(Oc3ccc(-n4ccnc4C)nn3)cc2)cc1C. The number of carbonyl (C=O) groups excluding carboxylic acids is 1. The van der Waals surface area contributed by atoms with E-state index < -0.39 is 0 Å². The number of hydrogen-bond donors (Lipinski definition) is 2. The Balaban J connectivity index is 1.35. The molecule has 8 nitrogen and oxygen atoms in total. The van der Waals surface area contributed by atoms with Gasteiger partial charge in [-0.25, -0.2) is 9.78 Å². The van der Waals surface area contributed by atoms with Gasteiger partial charge in [0.1, 0.15) is 11.6 Å². The van der Waals surface area contributed by atoms with Crippen LogP contribution in [0.15, 0.2) is 67.0 Å². The number of urea groups is 1. The van der Waals surface area contributed by atoms with E-state index in [1.165, 1.54) is 5.56 Å². The van der Waals surface area contributed by atoms with Crippen molar-refractivity contribution in [2.75, 3.05) is 10.6 Å². The van der Waals surface area contributed by atoms with Crippen LogP contribution >= 0.6 is 0 Å². The molecule has 0 radical (unpaired) electrons. The molecule has 2 amide bonds. The first kappa shape index (κ1) is 20.1. The molecule has 4 aromatic rings. The van der Waals surface area contributed by atoms with E-state index in [9.17, 15) is 4.79 Å². The second kappa shape index (κ2) is 8.66. The Morgan fingerprint density at radius 3 is 2.26 bits per heavy atom. The minimum atomic E-state index is -0.312. The second-order valence-corrected chi connectivity index (χ2v) is 7.08. The predicted octanol–water partition coefficient (Wildman–Crippen LogP) is 5.02. The predicted molar refractivity (Wildman–Crippen MR) is 119 cm³/mol. The summed E-state index contributed by atoms with van der Waals surface area (Å²) in [6.07, 6.45) is 3.53. The van der Waals surface area contributed by atoms with Crippen LogP contribution in [0.5, 0.6) is 11.6 Å². The quantitative estimate of drug-likeness (QED) is 0.478. The van der Waals surface area contributed by atoms with Crippen LogP contribution < -0.4 is 15.4 Å². The van der Waals surface area contributed by atoms with E-state index in [0.29, 0.717) is 23.1 Å². The van der Waals surface area contributed by atoms with Crippen LogP contribution in [-0.4, -0.2) is 25.8 Å². The molecule has 4 rings (SSSR count). The number of hydrogen-bond acceptors (Lipinski definition) is 5. The molecule has 0 aliphatic heterocycles. The fourth-order valence-electron chi connectivity index (χ4n) is 2.96. The van der Waals surface area contributed by atoms with Gasteiger partial charge in [0.05, 0.1) is 0 Å². The van der Waals surface area contributed by atoms with Crippen LogP contribution in [0, 0.1) is 20.8 Å². The molecule has 0 fully saturated rings. The van der Waals surface area contributed by atoms with E-state index in [2.05, 4.69) is 25.8 Å². The molecule has 2 N–H and O–H groups in total. The molecule has 0 saturated carbocycles. The number of nitrogens with zero attached hydrogens (tertiary/aromatic N) is 4. The van der Waals surface area contributed by atoms with Gasteiger partial charge in [-0.3, -0.25) is 4.57 Å². The molecular weight excluding hydrogens is 392 g/mol. The lowest BCUT2D eigenvalue weighted by atomic mass is 10.1. The number of aromatic nitrogens is 4. The Bertz CT molecular complexity index is 1200. The molecule has 0 aliphatic rings. The first-order valence-corrected chi connectivity index (χ1v) is 9.75. The van der Waals surface area contributed by atoms with Gasteiger partial charge in [0.25, 0.3) is 0 Å². The summed E-state index contributed by atoms with van der Waals surface area (Å²) >= 11 is 0. The number of carbonyl (C=O) groups is 1. The highest BCUT2D eigenvalue weighted by Gasteiger charge is 2.07. The van der Waals surface area contributed by atoms with Crippen LogP contribution in [0.2, 0.25) is 0 Å². The van der Waals surface area contributed by atoms with E-state index in [1.54, 1.807) is 36.5 Å². The third-order valence-corrected chi connectivity index (χ3v) is 4.80. The van der Waals surface area contributed by atoms with Crippen molar-refractivity contribution in [2.45, 2.75) is 20.8 Å². The standard InChI is InChI=1S/C23H22N6O2/c1-15-4-5-19(14-16(15)2)26-23(30)25-18-6-8-20(9-7-18)31-22-11-10-21(27-28-22)29-13-12-24-17(29)3/h4-14H,1-3H3,(H2,25,26,30). The van der Waals surface area contributed by atoms with E-state index in [-0.39, 0.29) is 6.03 Å². The summed E-state index contributed by atoms with van der Waals surface area (Å²) in [5.74, 6) is 2.44. The van der Waals surface area contributed by atoms with Crippen molar-refractivity contribution in [1.82, 2.24) is 19.7 Å². The van der Waals surface area contributed by atoms with Crippen LogP contribution in [0.3, 0.4) is 0 Å². The Hall–Kier alpha value is -4.20. The third kappa shape index (κ3) is 4.87. The number of benzene rings is 2. The molecule has 0 bridgehead atoms. The van der Waals surface area contributed by atoms with Gasteiger partial charge in [-0.05, 0) is 74.4 Å². The zero-order chi connectivity index (χ0) is 21.8. The summed E-state index contributed by atoms with van der Waals surface area (Å²) in [4.78, 5) is 16.4. The summed E-state index contributed by atoms with van der Waals surface area (Å²) in [7, 11) is 0. The van der Waals surface area contributed by atoms with Gasteiger partial charge in [-0.15, -0.1) is 10.2 Å². The zero-order valence-electron chi connectivity index (χ0n) is 17.5. The Labute approximate surface area is 179 Å². The smallest absolute Gasteiger partial charge is 0.323 e. The first-order chi connectivity index (χ1) is 15.0. The number of amides is 2.